The average Bonchev–Trinajstić information content (AvgIpc) is 3.14. The Labute approximate surface area is 106 Å². The Bertz CT molecular complexity index is 467. The summed E-state index contributed by atoms with van der Waals surface area (Å²) < 4.78 is 13.1. The molecule has 98 valence electrons. The van der Waals surface area contributed by atoms with Crippen LogP contribution < -0.4 is 5.32 Å². The number of aryl methyl sites for hydroxylation is 1. The number of hydrogen-bond acceptors (Lipinski definition) is 2. The smallest absolute Gasteiger partial charge is 0.252 e. The van der Waals surface area contributed by atoms with Crippen molar-refractivity contribution in [3.8, 4) is 0 Å². The van der Waals surface area contributed by atoms with E-state index in [0.29, 0.717) is 12.1 Å². The van der Waals surface area contributed by atoms with Crippen molar-refractivity contribution in [1.29, 1.82) is 0 Å². The topological polar surface area (TPSA) is 49.3 Å². The molecule has 3 nitrogen and oxygen atoms in total. The molecule has 0 aliphatic heterocycles. The molecule has 1 saturated carbocycles. The van der Waals surface area contributed by atoms with Crippen LogP contribution in [0.4, 0.5) is 4.39 Å². The zero-order valence-electron chi connectivity index (χ0n) is 10.7. The zero-order chi connectivity index (χ0) is 13.3. The molecule has 1 fully saturated rings. The monoisotopic (exact) mass is 251 g/mol. The molecule has 0 aromatic heterocycles. The van der Waals surface area contributed by atoms with E-state index in [9.17, 15) is 14.3 Å². The third-order valence-corrected chi connectivity index (χ3v) is 3.51. The number of benzene rings is 1. The van der Waals surface area contributed by atoms with Crippen LogP contribution in [0.5, 0.6) is 0 Å². The van der Waals surface area contributed by atoms with Crippen LogP contribution in [0.25, 0.3) is 0 Å². The first-order chi connectivity index (χ1) is 8.41. The van der Waals surface area contributed by atoms with Crippen LogP contribution in [-0.4, -0.2) is 16.6 Å². The van der Waals surface area contributed by atoms with Crippen LogP contribution in [-0.2, 0) is 11.3 Å². The number of halogens is 1. The third kappa shape index (κ3) is 2.70. The minimum Gasteiger partial charge on any atom is -0.380 e. The maximum Gasteiger partial charge on any atom is 0.252 e. The molecular weight excluding hydrogens is 233 g/mol. The number of aliphatic hydroxyl groups is 1. The van der Waals surface area contributed by atoms with Crippen molar-refractivity contribution in [2.45, 2.75) is 38.8 Å². The van der Waals surface area contributed by atoms with Crippen molar-refractivity contribution in [2.24, 2.45) is 5.92 Å². The molecule has 1 aliphatic carbocycles. The normalized spacial score (nSPS) is 18.2. The van der Waals surface area contributed by atoms with Crippen molar-refractivity contribution in [3.63, 3.8) is 0 Å². The lowest BCUT2D eigenvalue weighted by Crippen LogP contribution is -2.45. The molecule has 2 rings (SSSR count). The first-order valence-corrected chi connectivity index (χ1v) is 6.17. The van der Waals surface area contributed by atoms with Crippen molar-refractivity contribution in [1.82, 2.24) is 5.32 Å². The Morgan fingerprint density at radius 1 is 1.56 bits per heavy atom. The van der Waals surface area contributed by atoms with Crippen LogP contribution >= 0.6 is 0 Å². The van der Waals surface area contributed by atoms with Gasteiger partial charge < -0.3 is 10.4 Å². The standard InChI is InChI=1S/C14H18FNO2/c1-9-7-10(3-6-12(9)15)8-16-13(17)14(2,18)11-4-5-11/h3,6-7,11,18H,4-5,8H2,1-2H3,(H,16,17). The summed E-state index contributed by atoms with van der Waals surface area (Å²) in [6.45, 7) is 3.54. The fraction of sp³-hybridized carbons (Fsp3) is 0.500. The molecule has 0 spiro atoms. The van der Waals surface area contributed by atoms with Gasteiger partial charge in [-0.2, -0.15) is 0 Å². The van der Waals surface area contributed by atoms with E-state index in [1.54, 1.807) is 26.0 Å². The highest BCUT2D eigenvalue weighted by Gasteiger charge is 2.45. The molecule has 1 aromatic rings. The lowest BCUT2D eigenvalue weighted by atomic mass is 9.99. The van der Waals surface area contributed by atoms with Gasteiger partial charge in [-0.25, -0.2) is 4.39 Å². The molecule has 0 radical (unpaired) electrons. The van der Waals surface area contributed by atoms with E-state index in [-0.39, 0.29) is 17.6 Å². The van der Waals surface area contributed by atoms with Gasteiger partial charge in [0.05, 0.1) is 0 Å². The van der Waals surface area contributed by atoms with Gasteiger partial charge in [0.1, 0.15) is 11.4 Å². The minimum atomic E-state index is -1.28. The third-order valence-electron chi connectivity index (χ3n) is 3.51. The number of rotatable bonds is 4. The molecule has 1 unspecified atom stereocenters. The molecule has 0 bridgehead atoms. The predicted octanol–water partition coefficient (Wildman–Crippen LogP) is 1.91. The molecular formula is C14H18FNO2. The van der Waals surface area contributed by atoms with Crippen LogP contribution in [0.15, 0.2) is 18.2 Å². The number of carbonyl (C=O) groups excluding carboxylic acids is 1. The molecule has 0 heterocycles. The summed E-state index contributed by atoms with van der Waals surface area (Å²) in [4.78, 5) is 11.8. The van der Waals surface area contributed by atoms with Gasteiger partial charge in [0, 0.05) is 6.54 Å². The Kier molecular flexibility index (Phi) is 3.39. The summed E-state index contributed by atoms with van der Waals surface area (Å²) in [5.74, 6) is -0.533. The van der Waals surface area contributed by atoms with Gasteiger partial charge in [-0.3, -0.25) is 4.79 Å². The van der Waals surface area contributed by atoms with E-state index in [2.05, 4.69) is 5.32 Å². The molecule has 18 heavy (non-hydrogen) atoms. The summed E-state index contributed by atoms with van der Waals surface area (Å²) in [6.07, 6.45) is 1.80. The van der Waals surface area contributed by atoms with Crippen molar-refractivity contribution >= 4 is 5.91 Å². The Morgan fingerprint density at radius 2 is 2.22 bits per heavy atom. The maximum atomic E-state index is 13.1. The first-order valence-electron chi connectivity index (χ1n) is 6.17. The van der Waals surface area contributed by atoms with Crippen molar-refractivity contribution < 1.29 is 14.3 Å². The molecule has 2 N–H and O–H groups in total. The number of amides is 1. The molecule has 1 aromatic carbocycles. The van der Waals surface area contributed by atoms with Crippen molar-refractivity contribution in [2.75, 3.05) is 0 Å². The second kappa shape index (κ2) is 4.69. The molecule has 1 aliphatic rings. The van der Waals surface area contributed by atoms with E-state index in [0.717, 1.165) is 18.4 Å². The summed E-state index contributed by atoms with van der Waals surface area (Å²) in [5.41, 5.74) is 0.0965. The lowest BCUT2D eigenvalue weighted by Gasteiger charge is -2.21. The molecule has 0 saturated heterocycles. The van der Waals surface area contributed by atoms with Gasteiger partial charge in [-0.15, -0.1) is 0 Å². The van der Waals surface area contributed by atoms with Crippen LogP contribution in [0.3, 0.4) is 0 Å². The second-order valence-corrected chi connectivity index (χ2v) is 5.19. The van der Waals surface area contributed by atoms with Crippen molar-refractivity contribution in [3.05, 3.63) is 35.1 Å². The highest BCUT2D eigenvalue weighted by atomic mass is 19.1. The van der Waals surface area contributed by atoms with E-state index in [4.69, 9.17) is 0 Å². The van der Waals surface area contributed by atoms with Gasteiger partial charge in [0.25, 0.3) is 5.91 Å². The molecule has 1 amide bonds. The fourth-order valence-electron chi connectivity index (χ4n) is 2.01. The fourth-order valence-corrected chi connectivity index (χ4v) is 2.01. The average molecular weight is 251 g/mol. The Balaban J connectivity index is 1.94. The second-order valence-electron chi connectivity index (χ2n) is 5.19. The summed E-state index contributed by atoms with van der Waals surface area (Å²) >= 11 is 0. The van der Waals surface area contributed by atoms with Gasteiger partial charge in [-0.1, -0.05) is 12.1 Å². The van der Waals surface area contributed by atoms with Crippen LogP contribution in [0.2, 0.25) is 0 Å². The van der Waals surface area contributed by atoms with Crippen LogP contribution in [0, 0.1) is 18.7 Å². The van der Waals surface area contributed by atoms with E-state index in [1.807, 2.05) is 0 Å². The lowest BCUT2D eigenvalue weighted by molar-refractivity contribution is -0.140. The SMILES string of the molecule is Cc1cc(CNC(=O)C(C)(O)C2CC2)ccc1F. The first kappa shape index (κ1) is 13.0. The largest absolute Gasteiger partial charge is 0.380 e. The van der Waals surface area contributed by atoms with E-state index >= 15 is 0 Å². The van der Waals surface area contributed by atoms with Gasteiger partial charge in [-0.05, 0) is 49.8 Å². The van der Waals surface area contributed by atoms with Crippen LogP contribution in [0.1, 0.15) is 30.9 Å². The molecule has 1 atom stereocenters. The number of nitrogens with one attached hydrogen (secondary N) is 1. The number of hydrogen-bond donors (Lipinski definition) is 2. The Morgan fingerprint density at radius 3 is 2.78 bits per heavy atom. The highest BCUT2D eigenvalue weighted by molar-refractivity contribution is 5.85. The predicted molar refractivity (Wildman–Crippen MR) is 66.3 cm³/mol. The summed E-state index contributed by atoms with van der Waals surface area (Å²) in [7, 11) is 0. The summed E-state index contributed by atoms with van der Waals surface area (Å²) in [5, 5.41) is 12.7. The Hall–Kier alpha value is -1.42. The van der Waals surface area contributed by atoms with Gasteiger partial charge in [0.2, 0.25) is 0 Å². The van der Waals surface area contributed by atoms with Gasteiger partial charge >= 0.3 is 0 Å². The zero-order valence-corrected chi connectivity index (χ0v) is 10.7. The molecule has 4 heteroatoms. The summed E-state index contributed by atoms with van der Waals surface area (Å²) in [6, 6.07) is 4.71. The van der Waals surface area contributed by atoms with E-state index < -0.39 is 5.60 Å². The number of carbonyl (C=O) groups is 1. The highest BCUT2D eigenvalue weighted by Crippen LogP contribution is 2.39. The quantitative estimate of drug-likeness (QED) is 0.858. The minimum absolute atomic E-state index is 0.0763. The maximum absolute atomic E-state index is 13.1. The van der Waals surface area contributed by atoms with E-state index in [1.165, 1.54) is 6.07 Å². The van der Waals surface area contributed by atoms with Gasteiger partial charge in [0.15, 0.2) is 0 Å².